The summed E-state index contributed by atoms with van der Waals surface area (Å²) >= 11 is 5.97. The van der Waals surface area contributed by atoms with Crippen LogP contribution in [0, 0.1) is 0 Å². The van der Waals surface area contributed by atoms with Crippen LogP contribution in [0.4, 0.5) is 5.69 Å². The Kier molecular flexibility index (Phi) is 6.87. The number of anilines is 1. The van der Waals surface area contributed by atoms with Crippen LogP contribution in [-0.4, -0.2) is 24.5 Å². The third-order valence-corrected chi connectivity index (χ3v) is 4.49. The van der Waals surface area contributed by atoms with Crippen molar-refractivity contribution in [2.24, 2.45) is 0 Å². The predicted octanol–water partition coefficient (Wildman–Crippen LogP) is 4.33. The van der Waals surface area contributed by atoms with Crippen LogP contribution in [0.25, 0.3) is 0 Å². The van der Waals surface area contributed by atoms with Gasteiger partial charge in [-0.05, 0) is 42.3 Å². The van der Waals surface area contributed by atoms with E-state index in [2.05, 4.69) is 15.6 Å². The Morgan fingerprint density at radius 1 is 1.11 bits per heavy atom. The summed E-state index contributed by atoms with van der Waals surface area (Å²) in [5.41, 5.74) is 3.35. The highest BCUT2D eigenvalue weighted by Crippen LogP contribution is 2.18. The number of carbonyl (C=O) groups excluding carboxylic acids is 1. The molecule has 28 heavy (non-hydrogen) atoms. The minimum atomic E-state index is -0.196. The van der Waals surface area contributed by atoms with Gasteiger partial charge in [-0.3, -0.25) is 4.79 Å². The molecule has 1 aromatic heterocycles. The van der Waals surface area contributed by atoms with E-state index in [-0.39, 0.29) is 5.91 Å². The monoisotopic (exact) mass is 395 g/mol. The molecule has 0 aliphatic carbocycles. The summed E-state index contributed by atoms with van der Waals surface area (Å²) in [5.74, 6) is 0.636. The number of carbonyl (C=O) groups is 1. The molecule has 0 atom stereocenters. The number of pyridine rings is 1. The first-order chi connectivity index (χ1) is 13.7. The molecule has 1 amide bonds. The number of nitrogens with one attached hydrogen (secondary N) is 2. The molecule has 144 valence electrons. The fraction of sp³-hybridized carbons (Fsp3) is 0.182. The molecule has 2 N–H and O–H groups in total. The molecule has 0 aliphatic heterocycles. The van der Waals surface area contributed by atoms with Gasteiger partial charge in [0.25, 0.3) is 5.91 Å². The van der Waals surface area contributed by atoms with Gasteiger partial charge in [-0.15, -0.1) is 0 Å². The normalized spacial score (nSPS) is 10.4. The number of para-hydroxylation sites is 1. The van der Waals surface area contributed by atoms with Gasteiger partial charge >= 0.3 is 0 Å². The van der Waals surface area contributed by atoms with Crippen LogP contribution < -0.4 is 15.4 Å². The maximum absolute atomic E-state index is 12.2. The van der Waals surface area contributed by atoms with Crippen LogP contribution >= 0.6 is 11.6 Å². The summed E-state index contributed by atoms with van der Waals surface area (Å²) in [4.78, 5) is 16.5. The zero-order valence-electron chi connectivity index (χ0n) is 15.6. The molecule has 0 unspecified atom stereocenters. The first-order valence-corrected chi connectivity index (χ1v) is 9.38. The number of hydrogen-bond donors (Lipinski definition) is 2. The van der Waals surface area contributed by atoms with E-state index in [1.165, 1.54) is 0 Å². The van der Waals surface area contributed by atoms with Gasteiger partial charge in [0.2, 0.25) is 0 Å². The molecule has 0 aliphatic rings. The average Bonchev–Trinajstić information content (AvgIpc) is 2.73. The second-order valence-corrected chi connectivity index (χ2v) is 6.67. The van der Waals surface area contributed by atoms with Crippen LogP contribution in [0.2, 0.25) is 5.02 Å². The highest BCUT2D eigenvalue weighted by Gasteiger charge is 2.07. The van der Waals surface area contributed by atoms with Crippen molar-refractivity contribution in [2.75, 3.05) is 19.0 Å². The number of benzene rings is 2. The number of halogens is 1. The van der Waals surface area contributed by atoms with Crippen molar-refractivity contribution in [3.05, 3.63) is 88.7 Å². The topological polar surface area (TPSA) is 63.2 Å². The molecule has 0 fully saturated rings. The Balaban J connectivity index is 1.50. The van der Waals surface area contributed by atoms with Gasteiger partial charge in [-0.1, -0.05) is 41.9 Å². The summed E-state index contributed by atoms with van der Waals surface area (Å²) in [6.45, 7) is 1.13. The zero-order chi connectivity index (χ0) is 19.8. The van der Waals surface area contributed by atoms with Gasteiger partial charge in [0.15, 0.2) is 0 Å². The predicted molar refractivity (Wildman–Crippen MR) is 112 cm³/mol. The Bertz CT molecular complexity index is 929. The molecule has 0 bridgehead atoms. The molecule has 3 rings (SSSR count). The Hall–Kier alpha value is -3.05. The number of nitrogens with zero attached hydrogens (tertiary/aromatic N) is 1. The van der Waals surface area contributed by atoms with Crippen molar-refractivity contribution in [1.82, 2.24) is 10.3 Å². The lowest BCUT2D eigenvalue weighted by atomic mass is 10.1. The molecule has 3 aromatic rings. The highest BCUT2D eigenvalue weighted by atomic mass is 35.5. The summed E-state index contributed by atoms with van der Waals surface area (Å²) in [6.07, 6.45) is 2.37. The lowest BCUT2D eigenvalue weighted by molar-refractivity contribution is 0.0949. The lowest BCUT2D eigenvalue weighted by Crippen LogP contribution is -2.26. The molecule has 0 saturated heterocycles. The largest absolute Gasteiger partial charge is 0.496 e. The van der Waals surface area contributed by atoms with Crippen molar-refractivity contribution in [1.29, 1.82) is 0 Å². The second-order valence-electron chi connectivity index (χ2n) is 6.23. The second kappa shape index (κ2) is 9.76. The summed E-state index contributed by atoms with van der Waals surface area (Å²) < 4.78 is 5.34. The lowest BCUT2D eigenvalue weighted by Gasteiger charge is -2.10. The number of aromatic nitrogens is 1. The number of hydrogen-bond acceptors (Lipinski definition) is 4. The number of ether oxygens (including phenoxy) is 1. The van der Waals surface area contributed by atoms with Gasteiger partial charge in [-0.25, -0.2) is 4.98 Å². The van der Waals surface area contributed by atoms with E-state index in [9.17, 15) is 4.79 Å². The Labute approximate surface area is 169 Å². The molecule has 2 aromatic carbocycles. The Morgan fingerprint density at radius 3 is 2.71 bits per heavy atom. The van der Waals surface area contributed by atoms with Crippen LogP contribution in [-0.2, 0) is 13.0 Å². The van der Waals surface area contributed by atoms with Crippen LogP contribution in [0.3, 0.4) is 0 Å². The van der Waals surface area contributed by atoms with E-state index in [0.29, 0.717) is 30.2 Å². The van der Waals surface area contributed by atoms with Gasteiger partial charge in [0, 0.05) is 23.7 Å². The first-order valence-electron chi connectivity index (χ1n) is 9.00. The number of amides is 1. The van der Waals surface area contributed by atoms with Gasteiger partial charge < -0.3 is 15.4 Å². The van der Waals surface area contributed by atoms with Gasteiger partial charge in [0.1, 0.15) is 11.4 Å². The molecule has 6 heteroatoms. The third-order valence-electron chi connectivity index (χ3n) is 4.26. The van der Waals surface area contributed by atoms with E-state index in [4.69, 9.17) is 16.3 Å². The fourth-order valence-electron chi connectivity index (χ4n) is 2.78. The van der Waals surface area contributed by atoms with Gasteiger partial charge in [0.05, 0.1) is 19.0 Å². The zero-order valence-corrected chi connectivity index (χ0v) is 16.4. The summed E-state index contributed by atoms with van der Waals surface area (Å²) in [5, 5.41) is 6.86. The maximum atomic E-state index is 12.2. The van der Waals surface area contributed by atoms with E-state index in [1.54, 1.807) is 19.4 Å². The molecule has 5 nitrogen and oxygen atoms in total. The maximum Gasteiger partial charge on any atom is 0.269 e. The molecule has 0 spiro atoms. The Morgan fingerprint density at radius 2 is 1.96 bits per heavy atom. The van der Waals surface area contributed by atoms with Gasteiger partial charge in [-0.2, -0.15) is 0 Å². The van der Waals surface area contributed by atoms with Crippen molar-refractivity contribution < 1.29 is 9.53 Å². The smallest absolute Gasteiger partial charge is 0.269 e. The average molecular weight is 396 g/mol. The summed E-state index contributed by atoms with van der Waals surface area (Å²) in [7, 11) is 1.65. The van der Waals surface area contributed by atoms with Crippen molar-refractivity contribution in [3.63, 3.8) is 0 Å². The van der Waals surface area contributed by atoms with Crippen molar-refractivity contribution in [2.45, 2.75) is 13.0 Å². The highest BCUT2D eigenvalue weighted by molar-refractivity contribution is 6.30. The van der Waals surface area contributed by atoms with Crippen LogP contribution in [0.1, 0.15) is 21.6 Å². The SMILES string of the molecule is COc1ccccc1CNc1ccc(C(=O)NCCc2cccc(Cl)c2)nc1. The van der Waals surface area contributed by atoms with Crippen LogP contribution in [0.5, 0.6) is 5.75 Å². The molecule has 0 radical (unpaired) electrons. The third kappa shape index (κ3) is 5.47. The van der Waals surface area contributed by atoms with E-state index in [0.717, 1.165) is 22.6 Å². The standard InChI is InChI=1S/C22H22ClN3O2/c1-28-21-8-3-2-6-17(21)14-25-19-9-10-20(26-15-19)22(27)24-12-11-16-5-4-7-18(23)13-16/h2-10,13,15,25H,11-12,14H2,1H3,(H,24,27). The van der Waals surface area contributed by atoms with E-state index >= 15 is 0 Å². The quantitative estimate of drug-likeness (QED) is 0.596. The molecule has 1 heterocycles. The fourth-order valence-corrected chi connectivity index (χ4v) is 3.00. The summed E-state index contributed by atoms with van der Waals surface area (Å²) in [6, 6.07) is 19.0. The van der Waals surface area contributed by atoms with Crippen LogP contribution in [0.15, 0.2) is 66.9 Å². The van der Waals surface area contributed by atoms with Crippen molar-refractivity contribution >= 4 is 23.2 Å². The molecule has 0 saturated carbocycles. The minimum Gasteiger partial charge on any atom is -0.496 e. The molecular formula is C22H22ClN3O2. The van der Waals surface area contributed by atoms with E-state index in [1.807, 2.05) is 54.6 Å². The number of methoxy groups -OCH3 is 1. The molecular weight excluding hydrogens is 374 g/mol. The van der Waals surface area contributed by atoms with E-state index < -0.39 is 0 Å². The minimum absolute atomic E-state index is 0.196. The van der Waals surface area contributed by atoms with Crippen molar-refractivity contribution in [3.8, 4) is 5.75 Å². The number of rotatable bonds is 8. The first kappa shape index (κ1) is 19.7.